The predicted molar refractivity (Wildman–Crippen MR) is 79.3 cm³/mol. The molecule has 3 aliphatic rings. The third-order valence-corrected chi connectivity index (χ3v) is 6.82. The maximum absolute atomic E-state index is 10.2. The summed E-state index contributed by atoms with van der Waals surface area (Å²) in [6.07, 6.45) is -5.60. The van der Waals surface area contributed by atoms with Gasteiger partial charge in [-0.1, -0.05) is 20.8 Å². The second-order valence-electron chi connectivity index (χ2n) is 8.07. The highest BCUT2D eigenvalue weighted by atomic mass is 16.7. The number of aliphatic hydroxyl groups excluding tert-OH is 5. The van der Waals surface area contributed by atoms with Crippen LogP contribution in [0.15, 0.2) is 0 Å². The Balaban J connectivity index is 1.75. The van der Waals surface area contributed by atoms with Gasteiger partial charge >= 0.3 is 0 Å². The summed E-state index contributed by atoms with van der Waals surface area (Å²) >= 11 is 0. The third-order valence-electron chi connectivity index (χ3n) is 6.82. The molecule has 2 bridgehead atoms. The number of hydrogen-bond acceptors (Lipinski definition) is 7. The average molecular weight is 332 g/mol. The lowest BCUT2D eigenvalue weighted by molar-refractivity contribution is -0.320. The first-order valence-electron chi connectivity index (χ1n) is 8.27. The van der Waals surface area contributed by atoms with Crippen molar-refractivity contribution in [1.29, 1.82) is 0 Å². The minimum Gasteiger partial charge on any atom is -0.394 e. The number of ether oxygens (including phenoxy) is 2. The SMILES string of the molecule is CC1(C)[C@H]2CC(O[C@@H]3O[C@H](CO)[C@@H](O)[C@H](O)[C@H]3O)[C@]1(C)CC2O. The first-order chi connectivity index (χ1) is 10.6. The average Bonchev–Trinajstić information content (AvgIpc) is 2.78. The maximum atomic E-state index is 10.2. The summed E-state index contributed by atoms with van der Waals surface area (Å²) in [5.41, 5.74) is -0.374. The van der Waals surface area contributed by atoms with Crippen molar-refractivity contribution >= 4 is 0 Å². The van der Waals surface area contributed by atoms with E-state index in [-0.39, 0.29) is 29.0 Å². The Bertz CT molecular complexity index is 454. The van der Waals surface area contributed by atoms with Crippen LogP contribution in [0.1, 0.15) is 33.6 Å². The normalized spacial score (nSPS) is 55.3. The van der Waals surface area contributed by atoms with Gasteiger partial charge in [0.25, 0.3) is 0 Å². The van der Waals surface area contributed by atoms with E-state index in [4.69, 9.17) is 9.47 Å². The number of aliphatic hydroxyl groups is 5. The van der Waals surface area contributed by atoms with E-state index in [1.54, 1.807) is 0 Å². The molecule has 9 atom stereocenters. The van der Waals surface area contributed by atoms with Crippen LogP contribution in [0.2, 0.25) is 0 Å². The lowest BCUT2D eigenvalue weighted by atomic mass is 9.70. The van der Waals surface area contributed by atoms with Crippen LogP contribution in [0.3, 0.4) is 0 Å². The van der Waals surface area contributed by atoms with Crippen LogP contribution >= 0.6 is 0 Å². The van der Waals surface area contributed by atoms with Gasteiger partial charge in [-0.05, 0) is 24.2 Å². The molecule has 0 radical (unpaired) electrons. The van der Waals surface area contributed by atoms with Gasteiger partial charge in [0, 0.05) is 5.41 Å². The molecule has 7 nitrogen and oxygen atoms in total. The van der Waals surface area contributed by atoms with Crippen LogP contribution < -0.4 is 0 Å². The Kier molecular flexibility index (Phi) is 4.29. The molecule has 5 N–H and O–H groups in total. The number of rotatable bonds is 3. The number of hydrogen-bond donors (Lipinski definition) is 5. The lowest BCUT2D eigenvalue weighted by Gasteiger charge is -2.44. The lowest BCUT2D eigenvalue weighted by Crippen LogP contribution is -2.60. The summed E-state index contributed by atoms with van der Waals surface area (Å²) in [6.45, 7) is 5.83. The largest absolute Gasteiger partial charge is 0.394 e. The minimum absolute atomic E-state index is 0.106. The zero-order valence-electron chi connectivity index (χ0n) is 13.8. The molecule has 2 aliphatic carbocycles. The first kappa shape index (κ1) is 17.5. The van der Waals surface area contributed by atoms with Gasteiger partial charge in [0.15, 0.2) is 6.29 Å². The van der Waals surface area contributed by atoms with Crippen molar-refractivity contribution in [1.82, 2.24) is 0 Å². The Hall–Kier alpha value is -0.280. The van der Waals surface area contributed by atoms with E-state index in [1.807, 2.05) is 0 Å². The molecule has 2 unspecified atom stereocenters. The summed E-state index contributed by atoms with van der Waals surface area (Å²) in [6, 6.07) is 0. The highest BCUT2D eigenvalue weighted by Gasteiger charge is 2.66. The van der Waals surface area contributed by atoms with Crippen molar-refractivity contribution in [2.75, 3.05) is 6.61 Å². The molecule has 0 amide bonds. The van der Waals surface area contributed by atoms with E-state index in [0.29, 0.717) is 12.8 Å². The molecular weight excluding hydrogens is 304 g/mol. The maximum Gasteiger partial charge on any atom is 0.186 e. The Morgan fingerprint density at radius 2 is 1.70 bits per heavy atom. The van der Waals surface area contributed by atoms with Gasteiger partial charge in [-0.3, -0.25) is 0 Å². The van der Waals surface area contributed by atoms with Gasteiger partial charge in [-0.25, -0.2) is 0 Å². The Morgan fingerprint density at radius 3 is 2.17 bits per heavy atom. The van der Waals surface area contributed by atoms with Crippen molar-refractivity contribution in [3.8, 4) is 0 Å². The van der Waals surface area contributed by atoms with Crippen LogP contribution in [-0.2, 0) is 9.47 Å². The fourth-order valence-corrected chi connectivity index (χ4v) is 4.78. The molecule has 1 aliphatic heterocycles. The van der Waals surface area contributed by atoms with Crippen LogP contribution in [-0.4, -0.2) is 75.1 Å². The van der Waals surface area contributed by atoms with Crippen LogP contribution in [0, 0.1) is 16.7 Å². The minimum atomic E-state index is -1.43. The molecule has 0 aromatic rings. The van der Waals surface area contributed by atoms with Crippen molar-refractivity contribution in [3.05, 3.63) is 0 Å². The Morgan fingerprint density at radius 1 is 1.04 bits per heavy atom. The molecule has 1 heterocycles. The van der Waals surface area contributed by atoms with E-state index in [2.05, 4.69) is 20.8 Å². The number of fused-ring (bicyclic) bond motifs is 2. The molecule has 0 aromatic heterocycles. The highest BCUT2D eigenvalue weighted by Crippen LogP contribution is 2.66. The Labute approximate surface area is 135 Å². The van der Waals surface area contributed by atoms with Gasteiger partial charge < -0.3 is 35.0 Å². The van der Waals surface area contributed by atoms with Crippen LogP contribution in [0.25, 0.3) is 0 Å². The standard InChI is InChI=1S/C16H28O7/c1-15(2)7-4-10(16(15,3)5-8(7)18)23-14-13(21)12(20)11(19)9(6-17)22-14/h7-14,17-21H,4-6H2,1-3H3/t7-,8?,9+,10?,11+,12-,13+,14-,16-/m0/s1. The highest BCUT2D eigenvalue weighted by molar-refractivity contribution is 5.14. The topological polar surface area (TPSA) is 120 Å². The summed E-state index contributed by atoms with van der Waals surface area (Å²) < 4.78 is 11.4. The van der Waals surface area contributed by atoms with Gasteiger partial charge in [0.05, 0.1) is 18.8 Å². The van der Waals surface area contributed by atoms with Crippen molar-refractivity contribution in [3.63, 3.8) is 0 Å². The quantitative estimate of drug-likeness (QED) is 0.449. The van der Waals surface area contributed by atoms with Gasteiger partial charge in [0.1, 0.15) is 24.4 Å². The first-order valence-corrected chi connectivity index (χ1v) is 8.27. The van der Waals surface area contributed by atoms with Crippen molar-refractivity contribution in [2.24, 2.45) is 16.7 Å². The molecule has 7 heteroatoms. The molecule has 1 saturated heterocycles. The summed E-state index contributed by atoms with van der Waals surface area (Å²) in [5, 5.41) is 49.3. The van der Waals surface area contributed by atoms with E-state index < -0.39 is 37.3 Å². The van der Waals surface area contributed by atoms with Gasteiger partial charge in [0.2, 0.25) is 0 Å². The zero-order chi connectivity index (χ0) is 17.2. The van der Waals surface area contributed by atoms with Gasteiger partial charge in [-0.2, -0.15) is 0 Å². The summed E-state index contributed by atoms with van der Waals surface area (Å²) in [5.74, 6) is 0.113. The van der Waals surface area contributed by atoms with E-state index in [0.717, 1.165) is 0 Å². The second-order valence-corrected chi connectivity index (χ2v) is 8.07. The van der Waals surface area contributed by atoms with Crippen LogP contribution in [0.4, 0.5) is 0 Å². The molecular formula is C16H28O7. The fraction of sp³-hybridized carbons (Fsp3) is 1.00. The molecule has 23 heavy (non-hydrogen) atoms. The monoisotopic (exact) mass is 332 g/mol. The smallest absolute Gasteiger partial charge is 0.186 e. The molecule has 2 saturated carbocycles. The predicted octanol–water partition coefficient (Wildman–Crippen LogP) is -1.01. The fourth-order valence-electron chi connectivity index (χ4n) is 4.78. The van der Waals surface area contributed by atoms with Crippen LogP contribution in [0.5, 0.6) is 0 Å². The molecule has 3 rings (SSSR count). The second kappa shape index (κ2) is 5.62. The van der Waals surface area contributed by atoms with Gasteiger partial charge in [-0.15, -0.1) is 0 Å². The van der Waals surface area contributed by atoms with Crippen molar-refractivity contribution in [2.45, 2.75) is 76.5 Å². The van der Waals surface area contributed by atoms with Crippen molar-refractivity contribution < 1.29 is 35.0 Å². The summed E-state index contributed by atoms with van der Waals surface area (Å²) in [7, 11) is 0. The molecule has 3 fully saturated rings. The summed E-state index contributed by atoms with van der Waals surface area (Å²) in [4.78, 5) is 0. The third kappa shape index (κ3) is 2.37. The molecule has 0 spiro atoms. The van der Waals surface area contributed by atoms with E-state index >= 15 is 0 Å². The van der Waals surface area contributed by atoms with E-state index in [1.165, 1.54) is 0 Å². The van der Waals surface area contributed by atoms with E-state index in [9.17, 15) is 25.5 Å². The molecule has 134 valence electrons. The molecule has 0 aromatic carbocycles. The zero-order valence-corrected chi connectivity index (χ0v) is 13.8.